The summed E-state index contributed by atoms with van der Waals surface area (Å²) in [5, 5.41) is 10.2. The highest BCUT2D eigenvalue weighted by Crippen LogP contribution is 2.57. The van der Waals surface area contributed by atoms with E-state index in [0.29, 0.717) is 11.1 Å². The summed E-state index contributed by atoms with van der Waals surface area (Å²) in [4.78, 5) is 13.1. The van der Waals surface area contributed by atoms with E-state index >= 15 is 0 Å². The van der Waals surface area contributed by atoms with Crippen LogP contribution < -0.4 is 21.7 Å². The van der Waals surface area contributed by atoms with Gasteiger partial charge in [0, 0.05) is 35.6 Å². The minimum absolute atomic E-state index is 0.186. The lowest BCUT2D eigenvalue weighted by Gasteiger charge is -2.52. The summed E-state index contributed by atoms with van der Waals surface area (Å²) < 4.78 is 0. The second-order valence-electron chi connectivity index (χ2n) is 9.97. The first-order valence-corrected chi connectivity index (χ1v) is 12.0. The van der Waals surface area contributed by atoms with E-state index in [2.05, 4.69) is 46.3 Å². The van der Waals surface area contributed by atoms with E-state index in [1.54, 1.807) is 0 Å². The van der Waals surface area contributed by atoms with Crippen LogP contribution >= 0.6 is 0 Å². The van der Waals surface area contributed by atoms with E-state index in [9.17, 15) is 4.79 Å². The van der Waals surface area contributed by atoms with E-state index in [4.69, 9.17) is 5.73 Å². The van der Waals surface area contributed by atoms with E-state index in [-0.39, 0.29) is 11.3 Å². The second kappa shape index (κ2) is 8.62. The molecule has 0 aromatic heterocycles. The molecule has 1 aliphatic heterocycles. The van der Waals surface area contributed by atoms with Crippen molar-refractivity contribution in [2.24, 2.45) is 10.8 Å². The summed E-state index contributed by atoms with van der Waals surface area (Å²) >= 11 is 0. The third kappa shape index (κ3) is 4.26. The molecule has 4 aliphatic rings. The Morgan fingerprint density at radius 1 is 0.906 bits per heavy atom. The number of benzene rings is 2. The van der Waals surface area contributed by atoms with E-state index in [1.807, 2.05) is 24.3 Å². The van der Waals surface area contributed by atoms with E-state index in [0.717, 1.165) is 70.3 Å². The van der Waals surface area contributed by atoms with Gasteiger partial charge in [0.2, 0.25) is 5.91 Å². The number of carbonyl (C=O) groups excluding carboxylic acids is 1. The molecule has 1 amide bonds. The van der Waals surface area contributed by atoms with Crippen LogP contribution in [-0.4, -0.2) is 25.5 Å². The van der Waals surface area contributed by atoms with Gasteiger partial charge in [0.1, 0.15) is 0 Å². The van der Waals surface area contributed by atoms with Crippen molar-refractivity contribution in [2.75, 3.05) is 36.0 Å². The van der Waals surface area contributed by atoms with Gasteiger partial charge in [0.15, 0.2) is 0 Å². The molecular formula is C27H34N4O. The molecule has 168 valence electrons. The van der Waals surface area contributed by atoms with Crippen LogP contribution in [0.25, 0.3) is 5.57 Å². The molecule has 3 aliphatic carbocycles. The zero-order chi connectivity index (χ0) is 22.0. The maximum atomic E-state index is 13.1. The molecular weight excluding hydrogens is 396 g/mol. The molecule has 2 aromatic carbocycles. The summed E-state index contributed by atoms with van der Waals surface area (Å²) in [7, 11) is 0. The Balaban J connectivity index is 1.16. The van der Waals surface area contributed by atoms with Crippen LogP contribution in [0.3, 0.4) is 0 Å². The first kappa shape index (κ1) is 21.1. The molecule has 5 heteroatoms. The topological polar surface area (TPSA) is 79.2 Å². The van der Waals surface area contributed by atoms with E-state index < -0.39 is 0 Å². The minimum Gasteiger partial charge on any atom is -0.399 e. The highest BCUT2D eigenvalue weighted by Gasteiger charge is 2.52. The maximum Gasteiger partial charge on any atom is 0.230 e. The molecule has 2 bridgehead atoms. The van der Waals surface area contributed by atoms with Crippen LogP contribution in [0.4, 0.5) is 17.1 Å². The molecule has 0 atom stereocenters. The lowest BCUT2D eigenvalue weighted by molar-refractivity contribution is -0.134. The first-order valence-electron chi connectivity index (χ1n) is 12.0. The van der Waals surface area contributed by atoms with Crippen LogP contribution in [0.2, 0.25) is 0 Å². The van der Waals surface area contributed by atoms with Gasteiger partial charge < -0.3 is 21.7 Å². The monoisotopic (exact) mass is 430 g/mol. The lowest BCUT2D eigenvalue weighted by Crippen LogP contribution is -2.50. The molecule has 6 rings (SSSR count). The SMILES string of the molecule is Nc1ccc(NC(=O)C23CCC(CNc4ccc(C5=CCNCC5)cc4)(CC2)CC3)cc1. The Labute approximate surface area is 190 Å². The fraction of sp³-hybridized carbons (Fsp3) is 0.444. The molecule has 0 unspecified atom stereocenters. The molecule has 3 fully saturated rings. The average molecular weight is 431 g/mol. The number of rotatable bonds is 6. The maximum absolute atomic E-state index is 13.1. The molecule has 1 heterocycles. The first-order chi connectivity index (χ1) is 15.6. The van der Waals surface area contributed by atoms with Gasteiger partial charge in [-0.25, -0.2) is 0 Å². The predicted octanol–water partition coefficient (Wildman–Crippen LogP) is 5.04. The van der Waals surface area contributed by atoms with Crippen molar-refractivity contribution >= 4 is 28.5 Å². The summed E-state index contributed by atoms with van der Waals surface area (Å²) in [5.41, 5.74) is 11.4. The van der Waals surface area contributed by atoms with Gasteiger partial charge in [-0.15, -0.1) is 0 Å². The van der Waals surface area contributed by atoms with Crippen LogP contribution in [0, 0.1) is 10.8 Å². The van der Waals surface area contributed by atoms with Gasteiger partial charge >= 0.3 is 0 Å². The van der Waals surface area contributed by atoms with Crippen LogP contribution in [0.1, 0.15) is 50.5 Å². The van der Waals surface area contributed by atoms with Gasteiger partial charge in [-0.2, -0.15) is 0 Å². The molecule has 3 saturated carbocycles. The Hall–Kier alpha value is -2.79. The zero-order valence-electron chi connectivity index (χ0n) is 18.8. The third-order valence-electron chi connectivity index (χ3n) is 8.04. The van der Waals surface area contributed by atoms with Gasteiger partial charge in [0.05, 0.1) is 0 Å². The van der Waals surface area contributed by atoms with E-state index in [1.165, 1.54) is 16.8 Å². The highest BCUT2D eigenvalue weighted by molar-refractivity contribution is 5.95. The summed E-state index contributed by atoms with van der Waals surface area (Å²) in [5.74, 6) is 0.186. The van der Waals surface area contributed by atoms with Gasteiger partial charge in [0.25, 0.3) is 0 Å². The molecule has 0 saturated heterocycles. The van der Waals surface area contributed by atoms with Crippen molar-refractivity contribution in [3.8, 4) is 0 Å². The average Bonchev–Trinajstić information content (AvgIpc) is 2.86. The van der Waals surface area contributed by atoms with Crippen molar-refractivity contribution in [3.63, 3.8) is 0 Å². The highest BCUT2D eigenvalue weighted by atomic mass is 16.2. The van der Waals surface area contributed by atoms with Crippen LogP contribution in [0.15, 0.2) is 54.6 Å². The van der Waals surface area contributed by atoms with Crippen LogP contribution in [0.5, 0.6) is 0 Å². The number of nitrogens with two attached hydrogens (primary N) is 1. The molecule has 5 N–H and O–H groups in total. The Morgan fingerprint density at radius 2 is 1.56 bits per heavy atom. The quantitative estimate of drug-likeness (QED) is 0.484. The molecule has 0 spiro atoms. The molecule has 2 aromatic rings. The Morgan fingerprint density at radius 3 is 2.19 bits per heavy atom. The summed E-state index contributed by atoms with van der Waals surface area (Å²) in [6, 6.07) is 16.4. The van der Waals surface area contributed by atoms with Crippen molar-refractivity contribution in [3.05, 3.63) is 60.2 Å². The fourth-order valence-electron chi connectivity index (χ4n) is 5.68. The minimum atomic E-state index is -0.201. The smallest absolute Gasteiger partial charge is 0.230 e. The summed E-state index contributed by atoms with van der Waals surface area (Å²) in [6.07, 6.45) is 9.70. The number of hydrogen-bond acceptors (Lipinski definition) is 4. The fourth-order valence-corrected chi connectivity index (χ4v) is 5.68. The number of fused-ring (bicyclic) bond motifs is 3. The standard InChI is InChI=1S/C27H34N4O/c28-22-3-7-24(8-4-22)31-25(32)27-14-11-26(12-15-27,13-16-27)19-30-23-5-1-20(2-6-23)21-9-17-29-18-10-21/h1-9,29-30H,10-19,28H2,(H,31,32). The van der Waals surface area contributed by atoms with Gasteiger partial charge in [-0.3, -0.25) is 4.79 Å². The predicted molar refractivity (Wildman–Crippen MR) is 132 cm³/mol. The molecule has 0 radical (unpaired) electrons. The summed E-state index contributed by atoms with van der Waals surface area (Å²) in [6.45, 7) is 3.03. The van der Waals surface area contributed by atoms with Gasteiger partial charge in [-0.05, 0) is 104 Å². The molecule has 32 heavy (non-hydrogen) atoms. The largest absolute Gasteiger partial charge is 0.399 e. The second-order valence-corrected chi connectivity index (χ2v) is 9.97. The number of amides is 1. The van der Waals surface area contributed by atoms with Crippen LogP contribution in [-0.2, 0) is 4.79 Å². The number of hydrogen-bond donors (Lipinski definition) is 4. The number of nitrogen functional groups attached to an aromatic ring is 1. The van der Waals surface area contributed by atoms with Crippen molar-refractivity contribution in [2.45, 2.75) is 44.9 Å². The number of nitrogens with one attached hydrogen (secondary N) is 3. The van der Waals surface area contributed by atoms with Crippen molar-refractivity contribution in [1.82, 2.24) is 5.32 Å². The lowest BCUT2D eigenvalue weighted by atomic mass is 9.53. The van der Waals surface area contributed by atoms with Gasteiger partial charge in [-0.1, -0.05) is 18.2 Å². The zero-order valence-corrected chi connectivity index (χ0v) is 18.8. The molecule has 5 nitrogen and oxygen atoms in total. The van der Waals surface area contributed by atoms with Crippen molar-refractivity contribution in [1.29, 1.82) is 0 Å². The normalized spacial score (nSPS) is 26.9. The van der Waals surface area contributed by atoms with Crippen molar-refractivity contribution < 1.29 is 4.79 Å². The number of carbonyl (C=O) groups is 1. The Kier molecular flexibility index (Phi) is 5.68. The third-order valence-corrected chi connectivity index (χ3v) is 8.04. The number of anilines is 3. The Bertz CT molecular complexity index is 969.